The van der Waals surface area contributed by atoms with Crippen LogP contribution in [0.4, 0.5) is 5.82 Å². The number of nitrogens with zero attached hydrogens (tertiary/aromatic N) is 2. The molecular formula is C25H26N2O7. The van der Waals surface area contributed by atoms with E-state index in [4.69, 9.17) is 28.7 Å². The van der Waals surface area contributed by atoms with Gasteiger partial charge in [0.15, 0.2) is 11.5 Å². The highest BCUT2D eigenvalue weighted by atomic mass is 16.7. The third kappa shape index (κ3) is 4.14. The average molecular weight is 466 g/mol. The summed E-state index contributed by atoms with van der Waals surface area (Å²) >= 11 is 0. The SMILES string of the molecule is COC(=O)C[C@H](c1cc2c(cc1O)OCO2)c1cc2cc(OC)ccc2nc1N1CCOCC1. The number of phenols is 1. The first kappa shape index (κ1) is 22.1. The van der Waals surface area contributed by atoms with E-state index in [2.05, 4.69) is 4.90 Å². The van der Waals surface area contributed by atoms with E-state index in [1.807, 2.05) is 24.3 Å². The van der Waals surface area contributed by atoms with E-state index in [9.17, 15) is 9.90 Å². The van der Waals surface area contributed by atoms with Crippen molar-refractivity contribution >= 4 is 22.7 Å². The number of esters is 1. The molecule has 0 bridgehead atoms. The van der Waals surface area contributed by atoms with Crippen molar-refractivity contribution in [3.63, 3.8) is 0 Å². The van der Waals surface area contributed by atoms with Gasteiger partial charge in [0.25, 0.3) is 0 Å². The topological polar surface area (TPSA) is 99.6 Å². The molecule has 1 saturated heterocycles. The highest BCUT2D eigenvalue weighted by molar-refractivity contribution is 5.84. The van der Waals surface area contributed by atoms with Crippen LogP contribution in [0.1, 0.15) is 23.5 Å². The molecule has 34 heavy (non-hydrogen) atoms. The van der Waals surface area contributed by atoms with Gasteiger partial charge in [0.05, 0.1) is 39.4 Å². The number of carbonyl (C=O) groups is 1. The van der Waals surface area contributed by atoms with Gasteiger partial charge in [-0.3, -0.25) is 4.79 Å². The molecule has 2 aliphatic rings. The molecule has 0 saturated carbocycles. The predicted octanol–water partition coefficient (Wildman–Crippen LogP) is 3.21. The van der Waals surface area contributed by atoms with Gasteiger partial charge in [-0.15, -0.1) is 0 Å². The molecule has 1 fully saturated rings. The number of morpholine rings is 1. The van der Waals surface area contributed by atoms with Crippen molar-refractivity contribution in [3.05, 3.63) is 47.5 Å². The maximum atomic E-state index is 12.5. The van der Waals surface area contributed by atoms with Crippen molar-refractivity contribution in [2.24, 2.45) is 0 Å². The number of carbonyl (C=O) groups excluding carboxylic acids is 1. The first-order valence-electron chi connectivity index (χ1n) is 11.1. The summed E-state index contributed by atoms with van der Waals surface area (Å²) in [5.74, 6) is 1.50. The Labute approximate surface area is 196 Å². The van der Waals surface area contributed by atoms with Crippen LogP contribution >= 0.6 is 0 Å². The second-order valence-corrected chi connectivity index (χ2v) is 8.16. The minimum absolute atomic E-state index is 0.0109. The summed E-state index contributed by atoms with van der Waals surface area (Å²) in [6.45, 7) is 2.58. The molecule has 178 valence electrons. The molecule has 5 rings (SSSR count). The smallest absolute Gasteiger partial charge is 0.306 e. The van der Waals surface area contributed by atoms with Gasteiger partial charge in [-0.1, -0.05) is 0 Å². The van der Waals surface area contributed by atoms with Crippen molar-refractivity contribution in [1.29, 1.82) is 0 Å². The summed E-state index contributed by atoms with van der Waals surface area (Å²) in [6, 6.07) is 10.9. The third-order valence-electron chi connectivity index (χ3n) is 6.21. The van der Waals surface area contributed by atoms with Crippen LogP contribution in [0.15, 0.2) is 36.4 Å². The molecule has 0 radical (unpaired) electrons. The van der Waals surface area contributed by atoms with Crippen molar-refractivity contribution in [2.45, 2.75) is 12.3 Å². The van der Waals surface area contributed by atoms with E-state index in [-0.39, 0.29) is 19.0 Å². The van der Waals surface area contributed by atoms with Gasteiger partial charge < -0.3 is 33.7 Å². The van der Waals surface area contributed by atoms with Crippen LogP contribution in [0.5, 0.6) is 23.0 Å². The fourth-order valence-corrected chi connectivity index (χ4v) is 4.44. The van der Waals surface area contributed by atoms with Crippen LogP contribution in [0, 0.1) is 0 Å². The van der Waals surface area contributed by atoms with E-state index in [1.54, 1.807) is 13.2 Å². The van der Waals surface area contributed by atoms with Gasteiger partial charge in [-0.25, -0.2) is 4.98 Å². The monoisotopic (exact) mass is 466 g/mol. The summed E-state index contributed by atoms with van der Waals surface area (Å²) in [5.41, 5.74) is 2.13. The molecule has 1 atom stereocenters. The fourth-order valence-electron chi connectivity index (χ4n) is 4.44. The van der Waals surface area contributed by atoms with Gasteiger partial charge >= 0.3 is 5.97 Å². The Bertz CT molecular complexity index is 1220. The van der Waals surface area contributed by atoms with Crippen molar-refractivity contribution in [3.8, 4) is 23.0 Å². The Morgan fingerprint density at radius 1 is 1.09 bits per heavy atom. The molecule has 0 aliphatic carbocycles. The number of fused-ring (bicyclic) bond motifs is 2. The lowest BCUT2D eigenvalue weighted by molar-refractivity contribution is -0.140. The zero-order valence-corrected chi connectivity index (χ0v) is 19.1. The van der Waals surface area contributed by atoms with Crippen LogP contribution in [0.2, 0.25) is 0 Å². The second kappa shape index (κ2) is 9.26. The number of hydrogen-bond donors (Lipinski definition) is 1. The van der Waals surface area contributed by atoms with Crippen molar-refractivity contribution in [1.82, 2.24) is 4.98 Å². The summed E-state index contributed by atoms with van der Waals surface area (Å²) in [5, 5.41) is 11.8. The number of anilines is 1. The van der Waals surface area contributed by atoms with Gasteiger partial charge in [0.2, 0.25) is 6.79 Å². The first-order valence-corrected chi connectivity index (χ1v) is 11.1. The van der Waals surface area contributed by atoms with Gasteiger partial charge in [0, 0.05) is 41.6 Å². The van der Waals surface area contributed by atoms with E-state index in [0.717, 1.165) is 22.3 Å². The largest absolute Gasteiger partial charge is 0.508 e. The van der Waals surface area contributed by atoms with E-state index in [1.165, 1.54) is 13.2 Å². The molecule has 0 unspecified atom stereocenters. The number of aromatic nitrogens is 1. The van der Waals surface area contributed by atoms with E-state index < -0.39 is 11.9 Å². The maximum Gasteiger partial charge on any atom is 0.306 e. The standard InChI is InChI=1S/C25H26N2O7/c1-30-16-3-4-20-15(9-16)10-19(25(26-20)27-5-7-32-8-6-27)17(12-24(29)31-2)18-11-22-23(13-21(18)28)34-14-33-22/h3-4,9-11,13,17,28H,5-8,12,14H2,1-2H3/t17-/m1/s1. The molecule has 3 aromatic rings. The zero-order valence-electron chi connectivity index (χ0n) is 19.1. The predicted molar refractivity (Wildman–Crippen MR) is 124 cm³/mol. The van der Waals surface area contributed by atoms with Crippen LogP contribution < -0.4 is 19.1 Å². The number of ether oxygens (including phenoxy) is 5. The first-order chi connectivity index (χ1) is 16.6. The lowest BCUT2D eigenvalue weighted by Crippen LogP contribution is -2.37. The number of pyridine rings is 1. The van der Waals surface area contributed by atoms with E-state index in [0.29, 0.717) is 49.1 Å². The maximum absolute atomic E-state index is 12.5. The molecule has 0 spiro atoms. The lowest BCUT2D eigenvalue weighted by Gasteiger charge is -2.32. The lowest BCUT2D eigenvalue weighted by atomic mass is 9.86. The second-order valence-electron chi connectivity index (χ2n) is 8.16. The van der Waals surface area contributed by atoms with Crippen LogP contribution in [0.3, 0.4) is 0 Å². The number of methoxy groups -OCH3 is 2. The number of aromatic hydroxyl groups is 1. The van der Waals surface area contributed by atoms with Crippen LogP contribution in [0.25, 0.3) is 10.9 Å². The summed E-state index contributed by atoms with van der Waals surface area (Å²) in [6.07, 6.45) is 0.0121. The fraction of sp³-hybridized carbons (Fsp3) is 0.360. The molecule has 3 heterocycles. The highest BCUT2D eigenvalue weighted by Gasteiger charge is 2.30. The number of benzene rings is 2. The Morgan fingerprint density at radius 2 is 1.85 bits per heavy atom. The minimum atomic E-state index is -0.539. The molecular weight excluding hydrogens is 440 g/mol. The van der Waals surface area contributed by atoms with Gasteiger partial charge in [-0.2, -0.15) is 0 Å². The summed E-state index contributed by atoms with van der Waals surface area (Å²) < 4.78 is 26.9. The van der Waals surface area contributed by atoms with Crippen molar-refractivity contribution < 1.29 is 33.6 Å². The molecule has 2 aliphatic heterocycles. The molecule has 1 aromatic heterocycles. The number of phenolic OH excluding ortho intramolecular Hbond substituents is 1. The average Bonchev–Trinajstić information content (AvgIpc) is 3.33. The number of rotatable bonds is 6. The number of hydrogen-bond acceptors (Lipinski definition) is 9. The molecule has 2 aromatic carbocycles. The Kier molecular flexibility index (Phi) is 6.02. The quantitative estimate of drug-likeness (QED) is 0.549. The Balaban J connectivity index is 1.71. The third-order valence-corrected chi connectivity index (χ3v) is 6.21. The zero-order chi connectivity index (χ0) is 23.7. The Hall–Kier alpha value is -3.72. The molecule has 9 heteroatoms. The summed E-state index contributed by atoms with van der Waals surface area (Å²) in [7, 11) is 2.97. The summed E-state index contributed by atoms with van der Waals surface area (Å²) in [4.78, 5) is 19.7. The minimum Gasteiger partial charge on any atom is -0.508 e. The van der Waals surface area contributed by atoms with Gasteiger partial charge in [0.1, 0.15) is 17.3 Å². The normalized spacial score (nSPS) is 15.9. The van der Waals surface area contributed by atoms with Crippen LogP contribution in [-0.4, -0.2) is 63.4 Å². The molecule has 1 N–H and O–H groups in total. The molecule has 0 amide bonds. The van der Waals surface area contributed by atoms with Crippen molar-refractivity contribution in [2.75, 3.05) is 52.2 Å². The Morgan fingerprint density at radius 3 is 2.59 bits per heavy atom. The highest BCUT2D eigenvalue weighted by Crippen LogP contribution is 2.45. The van der Waals surface area contributed by atoms with Crippen LogP contribution in [-0.2, 0) is 14.3 Å². The van der Waals surface area contributed by atoms with E-state index >= 15 is 0 Å². The molecule has 9 nitrogen and oxygen atoms in total. The van der Waals surface area contributed by atoms with Gasteiger partial charge in [-0.05, 0) is 30.3 Å².